The van der Waals surface area contributed by atoms with Crippen LogP contribution in [0.2, 0.25) is 0 Å². The Kier molecular flexibility index (Phi) is 5.22. The largest absolute Gasteiger partial charge is 0.325 e. The van der Waals surface area contributed by atoms with Crippen molar-refractivity contribution in [3.8, 4) is 5.69 Å². The van der Waals surface area contributed by atoms with E-state index in [-0.39, 0.29) is 11.7 Å². The van der Waals surface area contributed by atoms with Gasteiger partial charge in [-0.15, -0.1) is 10.2 Å². The number of rotatable bonds is 6. The predicted octanol–water partition coefficient (Wildman–Crippen LogP) is 2.96. The molecule has 2 heterocycles. The van der Waals surface area contributed by atoms with E-state index in [2.05, 4.69) is 27.4 Å². The molecule has 0 atom stereocenters. The topological polar surface area (TPSA) is 72.7 Å². The van der Waals surface area contributed by atoms with Crippen LogP contribution in [0.1, 0.15) is 12.5 Å². The number of benzene rings is 1. The number of carbonyl (C=O) groups excluding carboxylic acids is 1. The SMILES string of the molecule is CCc1ccccc1NC(=O)CSc1nncn1-c1cccnc1. The Morgan fingerprint density at radius 1 is 1.25 bits per heavy atom. The molecule has 1 amide bonds. The van der Waals surface area contributed by atoms with Crippen LogP contribution in [0.15, 0.2) is 60.3 Å². The first-order chi connectivity index (χ1) is 11.8. The number of carbonyl (C=O) groups is 1. The van der Waals surface area contributed by atoms with E-state index in [1.807, 2.05) is 41.0 Å². The molecule has 24 heavy (non-hydrogen) atoms. The van der Waals surface area contributed by atoms with Gasteiger partial charge in [-0.2, -0.15) is 0 Å². The van der Waals surface area contributed by atoms with Gasteiger partial charge in [0.1, 0.15) is 6.33 Å². The predicted molar refractivity (Wildman–Crippen MR) is 94.3 cm³/mol. The minimum absolute atomic E-state index is 0.0679. The van der Waals surface area contributed by atoms with E-state index in [0.29, 0.717) is 5.16 Å². The van der Waals surface area contributed by atoms with Crippen LogP contribution in [0.3, 0.4) is 0 Å². The number of aromatic nitrogens is 4. The first-order valence-electron chi connectivity index (χ1n) is 7.59. The lowest BCUT2D eigenvalue weighted by Gasteiger charge is -2.09. The maximum absolute atomic E-state index is 12.2. The summed E-state index contributed by atoms with van der Waals surface area (Å²) < 4.78 is 1.81. The van der Waals surface area contributed by atoms with Gasteiger partial charge in [-0.3, -0.25) is 14.3 Å². The number of para-hydroxylation sites is 1. The lowest BCUT2D eigenvalue weighted by Crippen LogP contribution is -2.15. The number of nitrogens with zero attached hydrogens (tertiary/aromatic N) is 4. The fourth-order valence-electron chi connectivity index (χ4n) is 2.26. The minimum atomic E-state index is -0.0679. The molecule has 0 radical (unpaired) electrons. The van der Waals surface area contributed by atoms with Crippen molar-refractivity contribution in [2.75, 3.05) is 11.1 Å². The zero-order chi connectivity index (χ0) is 16.8. The molecule has 3 rings (SSSR count). The van der Waals surface area contributed by atoms with Gasteiger partial charge in [0.25, 0.3) is 0 Å². The van der Waals surface area contributed by atoms with Crippen LogP contribution in [-0.4, -0.2) is 31.4 Å². The van der Waals surface area contributed by atoms with E-state index in [9.17, 15) is 4.79 Å². The average Bonchev–Trinajstić information content (AvgIpc) is 3.10. The Balaban J connectivity index is 1.64. The van der Waals surface area contributed by atoms with Gasteiger partial charge in [0.05, 0.1) is 17.6 Å². The molecule has 0 saturated heterocycles. The van der Waals surface area contributed by atoms with Gasteiger partial charge < -0.3 is 5.32 Å². The molecule has 122 valence electrons. The van der Waals surface area contributed by atoms with Crippen LogP contribution in [-0.2, 0) is 11.2 Å². The number of pyridine rings is 1. The maximum atomic E-state index is 12.2. The van der Waals surface area contributed by atoms with E-state index in [0.717, 1.165) is 23.4 Å². The summed E-state index contributed by atoms with van der Waals surface area (Å²) in [4.78, 5) is 16.3. The zero-order valence-electron chi connectivity index (χ0n) is 13.2. The van der Waals surface area contributed by atoms with Gasteiger partial charge in [0, 0.05) is 11.9 Å². The normalized spacial score (nSPS) is 10.5. The number of aryl methyl sites for hydroxylation is 1. The molecule has 1 aromatic carbocycles. The van der Waals surface area contributed by atoms with Crippen LogP contribution in [0.5, 0.6) is 0 Å². The lowest BCUT2D eigenvalue weighted by molar-refractivity contribution is -0.113. The van der Waals surface area contributed by atoms with Crippen molar-refractivity contribution in [2.45, 2.75) is 18.5 Å². The van der Waals surface area contributed by atoms with Crippen molar-refractivity contribution in [1.29, 1.82) is 0 Å². The summed E-state index contributed by atoms with van der Waals surface area (Å²) in [7, 11) is 0. The quantitative estimate of drug-likeness (QED) is 0.699. The van der Waals surface area contributed by atoms with Gasteiger partial charge in [-0.1, -0.05) is 36.9 Å². The van der Waals surface area contributed by atoms with Crippen molar-refractivity contribution in [3.05, 3.63) is 60.7 Å². The Bertz CT molecular complexity index is 819. The van der Waals surface area contributed by atoms with Crippen molar-refractivity contribution < 1.29 is 4.79 Å². The van der Waals surface area contributed by atoms with Crippen LogP contribution >= 0.6 is 11.8 Å². The number of hydrogen-bond donors (Lipinski definition) is 1. The molecule has 0 spiro atoms. The second-order valence-corrected chi connectivity index (χ2v) is 5.98. The highest BCUT2D eigenvalue weighted by molar-refractivity contribution is 7.99. The van der Waals surface area contributed by atoms with E-state index >= 15 is 0 Å². The number of anilines is 1. The van der Waals surface area contributed by atoms with Crippen molar-refractivity contribution in [1.82, 2.24) is 19.7 Å². The summed E-state index contributed by atoms with van der Waals surface area (Å²) in [6.45, 7) is 2.07. The number of hydrogen-bond acceptors (Lipinski definition) is 5. The molecule has 0 aliphatic carbocycles. The number of nitrogens with one attached hydrogen (secondary N) is 1. The summed E-state index contributed by atoms with van der Waals surface area (Å²) >= 11 is 1.34. The van der Waals surface area contributed by atoms with Crippen molar-refractivity contribution >= 4 is 23.4 Å². The van der Waals surface area contributed by atoms with Gasteiger partial charge in [-0.05, 0) is 30.2 Å². The first-order valence-corrected chi connectivity index (χ1v) is 8.57. The number of thioether (sulfide) groups is 1. The molecule has 0 aliphatic heterocycles. The molecular formula is C17H17N5OS. The molecule has 0 unspecified atom stereocenters. The molecule has 0 saturated carbocycles. The highest BCUT2D eigenvalue weighted by atomic mass is 32.2. The monoisotopic (exact) mass is 339 g/mol. The highest BCUT2D eigenvalue weighted by Crippen LogP contribution is 2.20. The van der Waals surface area contributed by atoms with Crippen molar-refractivity contribution in [3.63, 3.8) is 0 Å². The maximum Gasteiger partial charge on any atom is 0.234 e. The van der Waals surface area contributed by atoms with Gasteiger partial charge in [0.15, 0.2) is 5.16 Å². The molecule has 0 aliphatic rings. The molecular weight excluding hydrogens is 322 g/mol. The van der Waals surface area contributed by atoms with E-state index < -0.39 is 0 Å². The van der Waals surface area contributed by atoms with Crippen LogP contribution in [0.4, 0.5) is 5.69 Å². The van der Waals surface area contributed by atoms with Gasteiger partial charge in [-0.25, -0.2) is 0 Å². The zero-order valence-corrected chi connectivity index (χ0v) is 14.0. The third-order valence-electron chi connectivity index (χ3n) is 3.45. The van der Waals surface area contributed by atoms with Gasteiger partial charge in [0.2, 0.25) is 5.91 Å². The Hall–Kier alpha value is -2.67. The summed E-state index contributed by atoms with van der Waals surface area (Å²) in [5, 5.41) is 11.6. The standard InChI is InChI=1S/C17H17N5OS/c1-2-13-6-3-4-8-15(13)20-16(23)11-24-17-21-19-12-22(17)14-7-5-9-18-10-14/h3-10,12H,2,11H2,1H3,(H,20,23). The Morgan fingerprint density at radius 2 is 2.12 bits per heavy atom. The average molecular weight is 339 g/mol. The van der Waals surface area contributed by atoms with E-state index in [4.69, 9.17) is 0 Å². The molecule has 3 aromatic rings. The van der Waals surface area contributed by atoms with Crippen LogP contribution < -0.4 is 5.32 Å². The molecule has 7 heteroatoms. The first kappa shape index (κ1) is 16.2. The summed E-state index contributed by atoms with van der Waals surface area (Å²) in [5.74, 6) is 0.193. The Morgan fingerprint density at radius 3 is 2.92 bits per heavy atom. The summed E-state index contributed by atoms with van der Waals surface area (Å²) in [5.41, 5.74) is 2.84. The third-order valence-corrected chi connectivity index (χ3v) is 4.39. The Labute approximate surface area is 144 Å². The summed E-state index contributed by atoms with van der Waals surface area (Å²) in [6.07, 6.45) is 5.92. The van der Waals surface area contributed by atoms with Crippen molar-refractivity contribution in [2.24, 2.45) is 0 Å². The number of amides is 1. The smallest absolute Gasteiger partial charge is 0.234 e. The highest BCUT2D eigenvalue weighted by Gasteiger charge is 2.11. The molecule has 0 fully saturated rings. The van der Waals surface area contributed by atoms with E-state index in [1.54, 1.807) is 18.7 Å². The second kappa shape index (κ2) is 7.74. The lowest BCUT2D eigenvalue weighted by atomic mass is 10.1. The molecule has 6 nitrogen and oxygen atoms in total. The summed E-state index contributed by atoms with van der Waals surface area (Å²) in [6, 6.07) is 11.6. The third kappa shape index (κ3) is 3.80. The second-order valence-electron chi connectivity index (χ2n) is 5.04. The van der Waals surface area contributed by atoms with Gasteiger partial charge >= 0.3 is 0 Å². The minimum Gasteiger partial charge on any atom is -0.325 e. The molecule has 1 N–H and O–H groups in total. The van der Waals surface area contributed by atoms with Crippen LogP contribution in [0, 0.1) is 0 Å². The molecule has 2 aromatic heterocycles. The fraction of sp³-hybridized carbons (Fsp3) is 0.176. The fourth-order valence-corrected chi connectivity index (χ4v) is 2.99. The molecule has 0 bridgehead atoms. The van der Waals surface area contributed by atoms with Crippen LogP contribution in [0.25, 0.3) is 5.69 Å². The van der Waals surface area contributed by atoms with E-state index in [1.165, 1.54) is 11.8 Å².